The number of rotatable bonds is 1. The molecule has 0 fully saturated rings. The third-order valence-corrected chi connectivity index (χ3v) is 1.49. The van der Waals surface area contributed by atoms with Gasteiger partial charge in [-0.1, -0.05) is 0 Å². The number of nitrogens with zero attached hydrogens (tertiary/aromatic N) is 2. The van der Waals surface area contributed by atoms with Crippen LogP contribution < -0.4 is 0 Å². The Balaban J connectivity index is 3.19. The molecule has 1 rings (SSSR count). The second-order valence-corrected chi connectivity index (χ2v) is 2.38. The zero-order valence-corrected chi connectivity index (χ0v) is 6.60. The lowest BCUT2D eigenvalue weighted by molar-refractivity contribution is 1.07. The van der Waals surface area contributed by atoms with E-state index < -0.39 is 0 Å². The summed E-state index contributed by atoms with van der Waals surface area (Å²) in [6.07, 6.45) is 0. The van der Waals surface area contributed by atoms with Crippen LogP contribution in [0.4, 0.5) is 5.69 Å². The number of aliphatic imine (C=N–C) groups is 1. The minimum absolute atomic E-state index is 0.634. The van der Waals surface area contributed by atoms with E-state index >= 15 is 0 Å². The average molecular weight is 152 g/mol. The maximum atomic E-state index is 4.10. The predicted octanol–water partition coefficient (Wildman–Crippen LogP) is 2.01. The maximum absolute atomic E-state index is 4.10. The molecule has 0 aliphatic carbocycles. The molecule has 0 N–H and O–H groups in total. The van der Waals surface area contributed by atoms with Crippen LogP contribution in [0.25, 0.3) is 0 Å². The Morgan fingerprint density at radius 1 is 1.60 bits per heavy atom. The highest BCUT2D eigenvalue weighted by Gasteiger charge is 1.95. The van der Waals surface area contributed by atoms with Crippen LogP contribution in [0.1, 0.15) is 5.69 Å². The van der Waals surface area contributed by atoms with Gasteiger partial charge in [-0.15, -0.1) is 12.6 Å². The molecule has 0 aromatic carbocycles. The monoisotopic (exact) mass is 152 g/mol. The highest BCUT2D eigenvalue weighted by molar-refractivity contribution is 7.80. The van der Waals surface area contributed by atoms with Crippen LogP contribution in [0.5, 0.6) is 0 Å². The minimum atomic E-state index is 0.634. The first-order valence-electron chi connectivity index (χ1n) is 2.87. The standard InChI is InChI=1S/C7H8N2S/c1-5-3-4-6(8-2)7(10)9-5/h3-4H,2H2,1H3,(H,9,10). The van der Waals surface area contributed by atoms with Crippen molar-refractivity contribution in [3.63, 3.8) is 0 Å². The van der Waals surface area contributed by atoms with Crippen molar-refractivity contribution in [2.24, 2.45) is 4.99 Å². The molecule has 0 bridgehead atoms. The van der Waals surface area contributed by atoms with Gasteiger partial charge in [0.2, 0.25) is 0 Å². The zero-order chi connectivity index (χ0) is 7.56. The largest absolute Gasteiger partial charge is 0.262 e. The van der Waals surface area contributed by atoms with Gasteiger partial charge in [-0.3, -0.25) is 4.99 Å². The average Bonchev–Trinajstić information content (AvgIpc) is 1.88. The smallest absolute Gasteiger partial charge is 0.119 e. The number of hydrogen-bond acceptors (Lipinski definition) is 3. The van der Waals surface area contributed by atoms with Gasteiger partial charge in [-0.25, -0.2) is 4.98 Å². The Hall–Kier alpha value is -0.830. The lowest BCUT2D eigenvalue weighted by atomic mass is 10.3. The Bertz CT molecular complexity index is 258. The van der Waals surface area contributed by atoms with Crippen molar-refractivity contribution in [1.29, 1.82) is 0 Å². The highest BCUT2D eigenvalue weighted by Crippen LogP contribution is 2.19. The zero-order valence-electron chi connectivity index (χ0n) is 5.70. The van der Waals surface area contributed by atoms with Crippen LogP contribution in [0.15, 0.2) is 22.2 Å². The fourth-order valence-electron chi connectivity index (χ4n) is 0.659. The maximum Gasteiger partial charge on any atom is 0.119 e. The van der Waals surface area contributed by atoms with Gasteiger partial charge in [-0.05, 0) is 25.8 Å². The lowest BCUT2D eigenvalue weighted by Crippen LogP contribution is -1.80. The number of aromatic nitrogens is 1. The topological polar surface area (TPSA) is 25.2 Å². The van der Waals surface area contributed by atoms with Crippen LogP contribution in [0.2, 0.25) is 0 Å². The normalized spacial score (nSPS) is 9.40. The van der Waals surface area contributed by atoms with Crippen LogP contribution in [-0.2, 0) is 0 Å². The van der Waals surface area contributed by atoms with Gasteiger partial charge < -0.3 is 0 Å². The molecule has 10 heavy (non-hydrogen) atoms. The molecule has 2 nitrogen and oxygen atoms in total. The predicted molar refractivity (Wildman–Crippen MR) is 45.4 cm³/mol. The van der Waals surface area contributed by atoms with Gasteiger partial charge in [0, 0.05) is 5.69 Å². The molecule has 0 amide bonds. The van der Waals surface area contributed by atoms with Crippen LogP contribution in [0, 0.1) is 6.92 Å². The molecule has 0 saturated carbocycles. The Morgan fingerprint density at radius 2 is 2.30 bits per heavy atom. The van der Waals surface area contributed by atoms with Crippen molar-refractivity contribution < 1.29 is 0 Å². The summed E-state index contributed by atoms with van der Waals surface area (Å²) in [4.78, 5) is 7.80. The molecule has 3 heteroatoms. The second kappa shape index (κ2) is 2.84. The van der Waals surface area contributed by atoms with E-state index in [0.717, 1.165) is 11.4 Å². The van der Waals surface area contributed by atoms with Crippen LogP contribution in [0.3, 0.4) is 0 Å². The molecular formula is C7H8N2S. The van der Waals surface area contributed by atoms with Gasteiger partial charge >= 0.3 is 0 Å². The molecule has 1 aromatic heterocycles. The third-order valence-electron chi connectivity index (χ3n) is 1.16. The first-order valence-corrected chi connectivity index (χ1v) is 3.32. The summed E-state index contributed by atoms with van der Waals surface area (Å²) in [5.74, 6) is 0. The summed E-state index contributed by atoms with van der Waals surface area (Å²) in [5, 5.41) is 0.634. The lowest BCUT2D eigenvalue weighted by Gasteiger charge is -1.96. The number of hydrogen-bond donors (Lipinski definition) is 1. The van der Waals surface area contributed by atoms with Crippen molar-refractivity contribution in [2.45, 2.75) is 11.9 Å². The van der Waals surface area contributed by atoms with Crippen LogP contribution >= 0.6 is 12.6 Å². The fourth-order valence-corrected chi connectivity index (χ4v) is 0.962. The molecular weight excluding hydrogens is 144 g/mol. The molecule has 0 aliphatic rings. The van der Waals surface area contributed by atoms with E-state index in [-0.39, 0.29) is 0 Å². The summed E-state index contributed by atoms with van der Waals surface area (Å²) >= 11 is 4.10. The summed E-state index contributed by atoms with van der Waals surface area (Å²) in [6.45, 7) is 5.29. The molecule has 0 atom stereocenters. The SMILES string of the molecule is C=Nc1ccc(C)nc1S. The Labute approximate surface area is 65.4 Å². The number of thiol groups is 1. The Morgan fingerprint density at radius 3 is 2.80 bits per heavy atom. The van der Waals surface area contributed by atoms with E-state index in [1.807, 2.05) is 19.1 Å². The molecule has 0 unspecified atom stereocenters. The first-order chi connectivity index (χ1) is 4.74. The number of pyridine rings is 1. The molecule has 52 valence electrons. The van der Waals surface area contributed by atoms with E-state index in [1.54, 1.807) is 0 Å². The van der Waals surface area contributed by atoms with Gasteiger partial charge in [0.25, 0.3) is 0 Å². The molecule has 1 heterocycles. The Kier molecular flexibility index (Phi) is 2.06. The van der Waals surface area contributed by atoms with Crippen molar-refractivity contribution >= 4 is 25.0 Å². The third kappa shape index (κ3) is 1.36. The quantitative estimate of drug-likeness (QED) is 0.483. The van der Waals surface area contributed by atoms with Gasteiger partial charge in [0.1, 0.15) is 5.03 Å². The number of aryl methyl sites for hydroxylation is 1. The molecule has 0 aliphatic heterocycles. The summed E-state index contributed by atoms with van der Waals surface area (Å²) in [5.41, 5.74) is 1.67. The van der Waals surface area contributed by atoms with Gasteiger partial charge in [0.05, 0.1) is 5.69 Å². The molecule has 0 spiro atoms. The van der Waals surface area contributed by atoms with Gasteiger partial charge in [-0.2, -0.15) is 0 Å². The summed E-state index contributed by atoms with van der Waals surface area (Å²) < 4.78 is 0. The van der Waals surface area contributed by atoms with Crippen molar-refractivity contribution in [2.75, 3.05) is 0 Å². The van der Waals surface area contributed by atoms with E-state index in [2.05, 4.69) is 29.3 Å². The van der Waals surface area contributed by atoms with Crippen molar-refractivity contribution in [3.05, 3.63) is 17.8 Å². The van der Waals surface area contributed by atoms with Gasteiger partial charge in [0.15, 0.2) is 0 Å². The highest BCUT2D eigenvalue weighted by atomic mass is 32.1. The fraction of sp³-hybridized carbons (Fsp3) is 0.143. The molecule has 0 saturated heterocycles. The summed E-state index contributed by atoms with van der Waals surface area (Å²) in [7, 11) is 0. The minimum Gasteiger partial charge on any atom is -0.262 e. The van der Waals surface area contributed by atoms with E-state index in [9.17, 15) is 0 Å². The second-order valence-electron chi connectivity index (χ2n) is 1.95. The van der Waals surface area contributed by atoms with Crippen molar-refractivity contribution in [3.8, 4) is 0 Å². The van der Waals surface area contributed by atoms with E-state index in [4.69, 9.17) is 0 Å². The molecule has 1 aromatic rings. The first kappa shape index (κ1) is 7.28. The van der Waals surface area contributed by atoms with Crippen LogP contribution in [-0.4, -0.2) is 11.7 Å². The summed E-state index contributed by atoms with van der Waals surface area (Å²) in [6, 6.07) is 3.72. The van der Waals surface area contributed by atoms with E-state index in [0.29, 0.717) is 5.03 Å². The van der Waals surface area contributed by atoms with E-state index in [1.165, 1.54) is 0 Å². The molecule has 0 radical (unpaired) electrons. The van der Waals surface area contributed by atoms with Crippen molar-refractivity contribution in [1.82, 2.24) is 4.98 Å².